The van der Waals surface area contributed by atoms with E-state index in [1.165, 1.54) is 0 Å². The van der Waals surface area contributed by atoms with Gasteiger partial charge in [-0.15, -0.1) is 0 Å². The van der Waals surface area contributed by atoms with E-state index in [1.54, 1.807) is 7.11 Å². The summed E-state index contributed by atoms with van der Waals surface area (Å²) in [6.45, 7) is 7.65. The number of alkyl carbamates (subject to hydrolysis) is 1. The van der Waals surface area contributed by atoms with Gasteiger partial charge in [0.1, 0.15) is 11.4 Å². The predicted molar refractivity (Wildman–Crippen MR) is 92.2 cm³/mol. The van der Waals surface area contributed by atoms with E-state index in [4.69, 9.17) is 9.47 Å². The lowest BCUT2D eigenvalue weighted by molar-refractivity contribution is 0.0505. The quantitative estimate of drug-likeness (QED) is 0.884. The topological polar surface area (TPSA) is 59.6 Å². The highest BCUT2D eigenvalue weighted by Gasteiger charge is 2.27. The molecule has 0 spiro atoms. The first-order valence-electron chi connectivity index (χ1n) is 8.17. The van der Waals surface area contributed by atoms with Gasteiger partial charge in [0.25, 0.3) is 0 Å². The highest BCUT2D eigenvalue weighted by atomic mass is 16.6. The van der Waals surface area contributed by atoms with E-state index >= 15 is 0 Å². The fraction of sp³-hybridized carbons (Fsp3) is 0.611. The van der Waals surface area contributed by atoms with Crippen LogP contribution in [0.1, 0.15) is 45.6 Å². The smallest absolute Gasteiger partial charge is 0.407 e. The SMILES string of the molecule is COc1ccc(NC2CCC(NC(=O)OC(C)(C)C)C2)cc1C. The zero-order valence-electron chi connectivity index (χ0n) is 14.7. The molecule has 1 fully saturated rings. The summed E-state index contributed by atoms with van der Waals surface area (Å²) in [6, 6.07) is 6.63. The van der Waals surface area contributed by atoms with Gasteiger partial charge < -0.3 is 20.1 Å². The van der Waals surface area contributed by atoms with E-state index in [-0.39, 0.29) is 12.1 Å². The Bertz CT molecular complexity index is 552. The monoisotopic (exact) mass is 320 g/mol. The molecule has 0 saturated heterocycles. The minimum absolute atomic E-state index is 0.168. The van der Waals surface area contributed by atoms with Crippen LogP contribution >= 0.6 is 0 Å². The maximum absolute atomic E-state index is 11.8. The van der Waals surface area contributed by atoms with Crippen molar-refractivity contribution < 1.29 is 14.3 Å². The Labute approximate surface area is 138 Å². The molecule has 1 aromatic rings. The Hall–Kier alpha value is -1.91. The summed E-state index contributed by atoms with van der Waals surface area (Å²) in [4.78, 5) is 11.8. The van der Waals surface area contributed by atoms with Crippen LogP contribution in [-0.4, -0.2) is 30.9 Å². The number of carbonyl (C=O) groups is 1. The van der Waals surface area contributed by atoms with E-state index in [0.29, 0.717) is 6.04 Å². The molecule has 2 unspecified atom stereocenters. The first-order valence-corrected chi connectivity index (χ1v) is 8.17. The van der Waals surface area contributed by atoms with E-state index in [9.17, 15) is 4.79 Å². The van der Waals surface area contributed by atoms with Crippen molar-refractivity contribution in [3.63, 3.8) is 0 Å². The summed E-state index contributed by atoms with van der Waals surface area (Å²) in [5.41, 5.74) is 1.74. The zero-order chi connectivity index (χ0) is 17.0. The lowest BCUT2D eigenvalue weighted by Gasteiger charge is -2.22. The molecule has 2 N–H and O–H groups in total. The third-order valence-electron chi connectivity index (χ3n) is 3.92. The molecule has 23 heavy (non-hydrogen) atoms. The molecule has 1 aliphatic carbocycles. The van der Waals surface area contributed by atoms with Crippen LogP contribution in [0, 0.1) is 6.92 Å². The fourth-order valence-corrected chi connectivity index (χ4v) is 2.92. The molecule has 0 bridgehead atoms. The van der Waals surface area contributed by atoms with Crippen LogP contribution in [0.4, 0.5) is 10.5 Å². The van der Waals surface area contributed by atoms with Crippen LogP contribution in [0.5, 0.6) is 5.75 Å². The van der Waals surface area contributed by atoms with Gasteiger partial charge in [-0.05, 0) is 70.7 Å². The molecule has 1 saturated carbocycles. The number of benzene rings is 1. The van der Waals surface area contributed by atoms with Crippen molar-refractivity contribution in [3.05, 3.63) is 23.8 Å². The minimum Gasteiger partial charge on any atom is -0.496 e. The normalized spacial score (nSPS) is 20.9. The van der Waals surface area contributed by atoms with Crippen molar-refractivity contribution in [3.8, 4) is 5.75 Å². The Balaban J connectivity index is 1.83. The maximum atomic E-state index is 11.8. The van der Waals surface area contributed by atoms with Crippen molar-refractivity contribution >= 4 is 11.8 Å². The average Bonchev–Trinajstić information content (AvgIpc) is 2.83. The van der Waals surface area contributed by atoms with E-state index < -0.39 is 5.60 Å². The van der Waals surface area contributed by atoms with E-state index in [0.717, 1.165) is 36.3 Å². The molecule has 2 atom stereocenters. The van der Waals surface area contributed by atoms with E-state index in [1.807, 2.05) is 39.8 Å². The van der Waals surface area contributed by atoms with Crippen molar-refractivity contribution in [1.29, 1.82) is 0 Å². The zero-order valence-corrected chi connectivity index (χ0v) is 14.7. The molecule has 128 valence electrons. The van der Waals surface area contributed by atoms with Crippen LogP contribution in [0.2, 0.25) is 0 Å². The molecular formula is C18H28N2O3. The summed E-state index contributed by atoms with van der Waals surface area (Å²) >= 11 is 0. The number of amides is 1. The van der Waals surface area contributed by atoms with Gasteiger partial charge in [-0.3, -0.25) is 0 Å². The van der Waals surface area contributed by atoms with Crippen LogP contribution in [0.25, 0.3) is 0 Å². The largest absolute Gasteiger partial charge is 0.496 e. The Morgan fingerprint density at radius 2 is 1.91 bits per heavy atom. The molecule has 0 radical (unpaired) electrons. The average molecular weight is 320 g/mol. The number of aryl methyl sites for hydroxylation is 1. The lowest BCUT2D eigenvalue weighted by atomic mass is 10.1. The van der Waals surface area contributed by atoms with Crippen LogP contribution in [-0.2, 0) is 4.74 Å². The summed E-state index contributed by atoms with van der Waals surface area (Å²) < 4.78 is 10.6. The second-order valence-electron chi connectivity index (χ2n) is 7.18. The van der Waals surface area contributed by atoms with Gasteiger partial charge in [0.2, 0.25) is 0 Å². The Morgan fingerprint density at radius 3 is 2.52 bits per heavy atom. The first kappa shape index (κ1) is 17.4. The molecule has 0 aromatic heterocycles. The number of hydrogen-bond donors (Lipinski definition) is 2. The van der Waals surface area contributed by atoms with Gasteiger partial charge in [-0.25, -0.2) is 4.79 Å². The summed E-state index contributed by atoms with van der Waals surface area (Å²) in [7, 11) is 1.68. The minimum atomic E-state index is -0.457. The second kappa shape index (κ2) is 7.11. The van der Waals surface area contributed by atoms with Gasteiger partial charge in [-0.2, -0.15) is 0 Å². The van der Waals surface area contributed by atoms with Crippen molar-refractivity contribution in [2.45, 2.75) is 64.6 Å². The molecule has 0 heterocycles. The van der Waals surface area contributed by atoms with Crippen molar-refractivity contribution in [2.24, 2.45) is 0 Å². The highest BCUT2D eigenvalue weighted by Crippen LogP contribution is 2.26. The molecule has 5 heteroatoms. The van der Waals surface area contributed by atoms with Gasteiger partial charge in [0, 0.05) is 17.8 Å². The Kier molecular flexibility index (Phi) is 5.39. The molecule has 1 aromatic carbocycles. The molecular weight excluding hydrogens is 292 g/mol. The molecule has 1 aliphatic rings. The van der Waals surface area contributed by atoms with Crippen LogP contribution in [0.15, 0.2) is 18.2 Å². The van der Waals surface area contributed by atoms with Gasteiger partial charge in [0.15, 0.2) is 0 Å². The summed E-state index contributed by atoms with van der Waals surface area (Å²) in [6.07, 6.45) is 2.57. The highest BCUT2D eigenvalue weighted by molar-refractivity contribution is 5.68. The number of rotatable bonds is 4. The maximum Gasteiger partial charge on any atom is 0.407 e. The number of methoxy groups -OCH3 is 1. The van der Waals surface area contributed by atoms with E-state index in [2.05, 4.69) is 16.7 Å². The van der Waals surface area contributed by atoms with Gasteiger partial charge >= 0.3 is 6.09 Å². The van der Waals surface area contributed by atoms with Crippen LogP contribution in [0.3, 0.4) is 0 Å². The fourth-order valence-electron chi connectivity index (χ4n) is 2.92. The van der Waals surface area contributed by atoms with Crippen LogP contribution < -0.4 is 15.4 Å². The number of nitrogens with one attached hydrogen (secondary N) is 2. The van der Waals surface area contributed by atoms with Gasteiger partial charge in [0.05, 0.1) is 7.11 Å². The summed E-state index contributed by atoms with van der Waals surface area (Å²) in [5.74, 6) is 0.895. The number of anilines is 1. The molecule has 5 nitrogen and oxygen atoms in total. The third-order valence-corrected chi connectivity index (χ3v) is 3.92. The predicted octanol–water partition coefficient (Wildman–Crippen LogP) is 3.86. The third kappa shape index (κ3) is 5.34. The Morgan fingerprint density at radius 1 is 1.22 bits per heavy atom. The standard InChI is InChI=1S/C18H28N2O3/c1-12-10-13(8-9-16(12)22-5)19-14-6-7-15(11-14)20-17(21)23-18(2,3)4/h8-10,14-15,19H,6-7,11H2,1-5H3,(H,20,21). The van der Waals surface area contributed by atoms with Crippen molar-refractivity contribution in [1.82, 2.24) is 5.32 Å². The molecule has 0 aliphatic heterocycles. The summed E-state index contributed by atoms with van der Waals surface area (Å²) in [5, 5.41) is 6.50. The van der Waals surface area contributed by atoms with Gasteiger partial charge in [-0.1, -0.05) is 0 Å². The number of ether oxygens (including phenoxy) is 2. The molecule has 1 amide bonds. The lowest BCUT2D eigenvalue weighted by Crippen LogP contribution is -2.38. The van der Waals surface area contributed by atoms with Crippen molar-refractivity contribution in [2.75, 3.05) is 12.4 Å². The number of carbonyl (C=O) groups excluding carboxylic acids is 1. The number of hydrogen-bond acceptors (Lipinski definition) is 4. The second-order valence-corrected chi connectivity index (χ2v) is 7.18. The first-order chi connectivity index (χ1) is 10.8. The molecule has 2 rings (SSSR count).